The highest BCUT2D eigenvalue weighted by Crippen LogP contribution is 2.34. The Kier molecular flexibility index (Phi) is 6.92. The first-order valence-electron chi connectivity index (χ1n) is 10.1. The molecule has 1 heteroatoms. The first-order valence-corrected chi connectivity index (χ1v) is 10.1. The molecule has 0 saturated heterocycles. The minimum Gasteiger partial charge on any atom is -0.379 e. The van der Waals surface area contributed by atoms with E-state index < -0.39 is 0 Å². The molecule has 0 N–H and O–H groups in total. The zero-order chi connectivity index (χ0) is 18.2. The third kappa shape index (κ3) is 5.23. The van der Waals surface area contributed by atoms with E-state index in [1.165, 1.54) is 43.2 Å². The van der Waals surface area contributed by atoms with Crippen molar-refractivity contribution >= 4 is 0 Å². The Bertz CT molecular complexity index is 722. The van der Waals surface area contributed by atoms with Gasteiger partial charge in [-0.2, -0.15) is 0 Å². The van der Waals surface area contributed by atoms with Crippen LogP contribution in [0.25, 0.3) is 0 Å². The molecule has 1 aliphatic rings. The van der Waals surface area contributed by atoms with Crippen molar-refractivity contribution in [3.63, 3.8) is 0 Å². The van der Waals surface area contributed by atoms with E-state index in [1.807, 2.05) is 0 Å². The molecule has 0 bridgehead atoms. The molecule has 1 saturated carbocycles. The summed E-state index contributed by atoms with van der Waals surface area (Å²) in [5.41, 5.74) is 5.02. The lowest BCUT2D eigenvalue weighted by Crippen LogP contribution is -2.20. The summed E-state index contributed by atoms with van der Waals surface area (Å²) in [6.45, 7) is 5.14. The van der Waals surface area contributed by atoms with Gasteiger partial charge in [0.05, 0.1) is 6.10 Å². The van der Waals surface area contributed by atoms with Crippen molar-refractivity contribution in [3.8, 4) is 11.8 Å². The molecule has 1 fully saturated rings. The van der Waals surface area contributed by atoms with Gasteiger partial charge in [0.25, 0.3) is 0 Å². The first-order chi connectivity index (χ1) is 12.8. The zero-order valence-corrected chi connectivity index (χ0v) is 16.1. The highest BCUT2D eigenvalue weighted by Gasteiger charge is 2.22. The largest absolute Gasteiger partial charge is 0.379 e. The van der Waals surface area contributed by atoms with Crippen molar-refractivity contribution in [2.45, 2.75) is 64.4 Å². The average molecular weight is 347 g/mol. The number of hydrogen-bond donors (Lipinski definition) is 0. The van der Waals surface area contributed by atoms with Crippen molar-refractivity contribution < 1.29 is 4.74 Å². The second kappa shape index (κ2) is 9.60. The van der Waals surface area contributed by atoms with Crippen LogP contribution in [0.2, 0.25) is 0 Å². The fourth-order valence-electron chi connectivity index (χ4n) is 3.82. The van der Waals surface area contributed by atoms with E-state index in [0.29, 0.717) is 12.0 Å². The Hall–Kier alpha value is -2.04. The monoisotopic (exact) mass is 346 g/mol. The van der Waals surface area contributed by atoms with E-state index in [-0.39, 0.29) is 0 Å². The molecule has 2 aromatic rings. The van der Waals surface area contributed by atoms with Gasteiger partial charge in [-0.25, -0.2) is 0 Å². The van der Waals surface area contributed by atoms with Gasteiger partial charge >= 0.3 is 0 Å². The zero-order valence-electron chi connectivity index (χ0n) is 16.1. The number of hydrogen-bond acceptors (Lipinski definition) is 1. The van der Waals surface area contributed by atoms with Gasteiger partial charge in [-0.15, -0.1) is 0 Å². The highest BCUT2D eigenvalue weighted by atomic mass is 16.5. The normalized spacial score (nSPS) is 19.6. The first kappa shape index (κ1) is 18.7. The van der Waals surface area contributed by atoms with Crippen LogP contribution >= 0.6 is 0 Å². The molecule has 3 rings (SSSR count). The van der Waals surface area contributed by atoms with Crippen LogP contribution in [0.5, 0.6) is 0 Å². The van der Waals surface area contributed by atoms with Crippen LogP contribution in [-0.4, -0.2) is 12.7 Å². The minimum atomic E-state index is 0.477. The van der Waals surface area contributed by atoms with Crippen molar-refractivity contribution in [1.29, 1.82) is 0 Å². The molecule has 0 amide bonds. The van der Waals surface area contributed by atoms with Crippen LogP contribution in [0.4, 0.5) is 0 Å². The Balaban J connectivity index is 1.58. The maximum Gasteiger partial charge on any atom is 0.0575 e. The summed E-state index contributed by atoms with van der Waals surface area (Å²) in [6, 6.07) is 17.5. The summed E-state index contributed by atoms with van der Waals surface area (Å²) >= 11 is 0. The lowest BCUT2D eigenvalue weighted by Gasteiger charge is -2.28. The molecule has 0 aromatic heterocycles. The van der Waals surface area contributed by atoms with E-state index >= 15 is 0 Å². The summed E-state index contributed by atoms with van der Waals surface area (Å²) in [5, 5.41) is 0. The third-order valence-electron chi connectivity index (χ3n) is 5.30. The van der Waals surface area contributed by atoms with Crippen molar-refractivity contribution in [2.24, 2.45) is 0 Å². The Morgan fingerprint density at radius 1 is 0.808 bits per heavy atom. The van der Waals surface area contributed by atoms with Crippen molar-refractivity contribution in [1.82, 2.24) is 0 Å². The molecule has 26 heavy (non-hydrogen) atoms. The molecule has 0 radical (unpaired) electrons. The Morgan fingerprint density at radius 2 is 1.38 bits per heavy atom. The van der Waals surface area contributed by atoms with Crippen LogP contribution in [0, 0.1) is 11.8 Å². The van der Waals surface area contributed by atoms with Crippen molar-refractivity contribution in [3.05, 3.63) is 70.8 Å². The average Bonchev–Trinajstić information content (AvgIpc) is 2.69. The van der Waals surface area contributed by atoms with E-state index in [4.69, 9.17) is 4.74 Å². The molecule has 0 unspecified atom stereocenters. The molecule has 0 heterocycles. The molecular weight excluding hydrogens is 316 g/mol. The van der Waals surface area contributed by atoms with Crippen LogP contribution in [-0.2, 0) is 11.2 Å². The van der Waals surface area contributed by atoms with Crippen LogP contribution in [0.3, 0.4) is 0 Å². The second-order valence-corrected chi connectivity index (χ2v) is 7.25. The summed E-state index contributed by atoms with van der Waals surface area (Å²) in [4.78, 5) is 0. The fourth-order valence-corrected chi connectivity index (χ4v) is 3.82. The Labute approximate surface area is 158 Å². The van der Waals surface area contributed by atoms with Crippen LogP contribution < -0.4 is 0 Å². The van der Waals surface area contributed by atoms with Gasteiger partial charge < -0.3 is 4.74 Å². The number of ether oxygens (including phenoxy) is 1. The molecule has 0 spiro atoms. The van der Waals surface area contributed by atoms with E-state index in [1.54, 1.807) is 0 Å². The number of benzene rings is 2. The molecule has 1 nitrogen and oxygen atoms in total. The topological polar surface area (TPSA) is 9.23 Å². The van der Waals surface area contributed by atoms with Gasteiger partial charge in [-0.1, -0.05) is 49.5 Å². The highest BCUT2D eigenvalue weighted by molar-refractivity contribution is 5.44. The van der Waals surface area contributed by atoms with Gasteiger partial charge in [-0.3, -0.25) is 0 Å². The van der Waals surface area contributed by atoms with Crippen molar-refractivity contribution in [2.75, 3.05) is 6.61 Å². The van der Waals surface area contributed by atoms with Gasteiger partial charge in [0.2, 0.25) is 0 Å². The maximum absolute atomic E-state index is 5.76. The third-order valence-corrected chi connectivity index (χ3v) is 5.30. The fraction of sp³-hybridized carbons (Fsp3) is 0.440. The SMILES string of the molecule is CCCc1ccc(C#Cc2ccc(C3CCC(OCC)CC3)cc2)cc1. The van der Waals surface area contributed by atoms with Crippen LogP contribution in [0.1, 0.15) is 74.1 Å². The number of aryl methyl sites for hydroxylation is 1. The molecule has 0 aliphatic heterocycles. The lowest BCUT2D eigenvalue weighted by atomic mass is 9.82. The molecule has 136 valence electrons. The summed E-state index contributed by atoms with van der Waals surface area (Å²) in [7, 11) is 0. The summed E-state index contributed by atoms with van der Waals surface area (Å²) < 4.78 is 5.76. The summed E-state index contributed by atoms with van der Waals surface area (Å²) in [6.07, 6.45) is 7.65. The van der Waals surface area contributed by atoms with Gasteiger partial charge in [0, 0.05) is 17.7 Å². The molecular formula is C25H30O. The molecule has 0 atom stereocenters. The number of rotatable bonds is 5. The summed E-state index contributed by atoms with van der Waals surface area (Å²) in [5.74, 6) is 7.26. The van der Waals surface area contributed by atoms with Crippen LogP contribution in [0.15, 0.2) is 48.5 Å². The van der Waals surface area contributed by atoms with Gasteiger partial charge in [0.15, 0.2) is 0 Å². The Morgan fingerprint density at radius 3 is 1.92 bits per heavy atom. The van der Waals surface area contributed by atoms with E-state index in [2.05, 4.69) is 74.2 Å². The molecule has 2 aromatic carbocycles. The quantitative estimate of drug-likeness (QED) is 0.594. The molecule has 1 aliphatic carbocycles. The minimum absolute atomic E-state index is 0.477. The second-order valence-electron chi connectivity index (χ2n) is 7.25. The standard InChI is InChI=1S/C25H30O/c1-3-5-20-6-8-21(9-7-20)10-11-22-12-14-23(15-13-22)24-16-18-25(19-17-24)26-4-2/h6-9,12-15,24-25H,3-5,16-19H2,1-2H3. The maximum atomic E-state index is 5.76. The van der Waals surface area contributed by atoms with Gasteiger partial charge in [0.1, 0.15) is 0 Å². The van der Waals surface area contributed by atoms with Gasteiger partial charge in [-0.05, 0) is 80.3 Å². The smallest absolute Gasteiger partial charge is 0.0575 e. The lowest BCUT2D eigenvalue weighted by molar-refractivity contribution is 0.0328. The van der Waals surface area contributed by atoms with E-state index in [0.717, 1.165) is 24.2 Å². The predicted octanol–water partition coefficient (Wildman–Crippen LogP) is 6.10. The predicted molar refractivity (Wildman–Crippen MR) is 109 cm³/mol. The van der Waals surface area contributed by atoms with E-state index in [9.17, 15) is 0 Å².